The quantitative estimate of drug-likeness (QED) is 0.103. The fraction of sp³-hybridized carbons (Fsp3) is 0.323. The minimum absolute atomic E-state index is 0.111. The molecule has 0 saturated heterocycles. The van der Waals surface area contributed by atoms with Crippen LogP contribution in [0.2, 0.25) is 0 Å². The summed E-state index contributed by atoms with van der Waals surface area (Å²) in [5.41, 5.74) is 2.23. The van der Waals surface area contributed by atoms with Gasteiger partial charge in [0, 0.05) is 45.8 Å². The molecule has 3 aromatic rings. The van der Waals surface area contributed by atoms with Crippen molar-refractivity contribution in [1.82, 2.24) is 24.7 Å². The van der Waals surface area contributed by atoms with Gasteiger partial charge < -0.3 is 25.3 Å². The first-order chi connectivity index (χ1) is 22.0. The number of carbonyl (C=O) groups is 4. The molecular formula is C31H34N6O8S. The van der Waals surface area contributed by atoms with Crippen LogP contribution in [0, 0.1) is 0 Å². The summed E-state index contributed by atoms with van der Waals surface area (Å²) in [6.45, 7) is 1.59. The van der Waals surface area contributed by atoms with E-state index in [9.17, 15) is 39.6 Å². The molecule has 2 aromatic heterocycles. The van der Waals surface area contributed by atoms with E-state index in [1.807, 2.05) is 24.3 Å². The Bertz CT molecular complexity index is 1480. The first-order valence-electron chi connectivity index (χ1n) is 14.2. The third-order valence-corrected chi connectivity index (χ3v) is 6.92. The summed E-state index contributed by atoms with van der Waals surface area (Å²) < 4.78 is 0. The largest absolute Gasteiger partial charge is 0.480 e. The predicted octanol–water partition coefficient (Wildman–Crippen LogP) is 2.63. The number of hydrogen-bond donors (Lipinski definition) is 4. The van der Waals surface area contributed by atoms with E-state index in [1.54, 1.807) is 34.1 Å². The lowest BCUT2D eigenvalue weighted by molar-refractivity contribution is -0.139. The van der Waals surface area contributed by atoms with Gasteiger partial charge in [-0.3, -0.25) is 19.4 Å². The van der Waals surface area contributed by atoms with Crippen LogP contribution < -0.4 is 0 Å². The highest BCUT2D eigenvalue weighted by Gasteiger charge is 2.18. The maximum Gasteiger partial charge on any atom is 0.354 e. The number of aliphatic imine (C=N–C) groups is 1. The second-order valence-corrected chi connectivity index (χ2v) is 10.5. The zero-order valence-corrected chi connectivity index (χ0v) is 25.7. The van der Waals surface area contributed by atoms with E-state index >= 15 is 0 Å². The molecule has 4 N–H and O–H groups in total. The molecule has 0 aliphatic rings. The number of thiocarbonyl (C=S) groups is 1. The lowest BCUT2D eigenvalue weighted by atomic mass is 10.1. The molecule has 0 spiro atoms. The van der Waals surface area contributed by atoms with Gasteiger partial charge in [0.05, 0.1) is 35.3 Å². The number of nitrogens with zero attached hydrogens (tertiary/aromatic N) is 6. The molecule has 0 saturated carbocycles. The highest BCUT2D eigenvalue weighted by Crippen LogP contribution is 2.14. The first-order valence-corrected chi connectivity index (χ1v) is 14.6. The van der Waals surface area contributed by atoms with Crippen LogP contribution in [0.5, 0.6) is 0 Å². The molecule has 0 amide bonds. The van der Waals surface area contributed by atoms with E-state index in [2.05, 4.69) is 37.2 Å². The normalized spacial score (nSPS) is 11.0. The van der Waals surface area contributed by atoms with Gasteiger partial charge in [-0.25, -0.2) is 19.6 Å². The van der Waals surface area contributed by atoms with Crippen LogP contribution >= 0.6 is 12.2 Å². The second-order valence-electron chi connectivity index (χ2n) is 10.3. The van der Waals surface area contributed by atoms with Gasteiger partial charge in [0.1, 0.15) is 11.4 Å². The van der Waals surface area contributed by atoms with Gasteiger partial charge in [0.15, 0.2) is 0 Å². The van der Waals surface area contributed by atoms with Crippen molar-refractivity contribution in [2.24, 2.45) is 4.99 Å². The van der Waals surface area contributed by atoms with E-state index < -0.39 is 23.9 Å². The Hall–Kier alpha value is -4.92. The number of pyridine rings is 2. The molecule has 0 aliphatic carbocycles. The molecular weight excluding hydrogens is 616 g/mol. The third kappa shape index (κ3) is 12.6. The summed E-state index contributed by atoms with van der Waals surface area (Å²) in [6, 6.07) is 16.6. The Labute approximate surface area is 270 Å². The molecule has 46 heavy (non-hydrogen) atoms. The van der Waals surface area contributed by atoms with Crippen LogP contribution in [-0.2, 0) is 29.1 Å². The van der Waals surface area contributed by atoms with Crippen molar-refractivity contribution in [2.45, 2.75) is 19.5 Å². The Morgan fingerprint density at radius 3 is 1.52 bits per heavy atom. The van der Waals surface area contributed by atoms with Gasteiger partial charge in [0.25, 0.3) is 0 Å². The van der Waals surface area contributed by atoms with Crippen LogP contribution in [0.1, 0.15) is 37.9 Å². The smallest absolute Gasteiger partial charge is 0.354 e. The van der Waals surface area contributed by atoms with Crippen LogP contribution in [-0.4, -0.2) is 120 Å². The van der Waals surface area contributed by atoms with Crippen molar-refractivity contribution in [2.75, 3.05) is 45.8 Å². The van der Waals surface area contributed by atoms with Gasteiger partial charge in [-0.05, 0) is 60.6 Å². The minimum atomic E-state index is -1.18. The number of aromatic nitrogens is 2. The highest BCUT2D eigenvalue weighted by atomic mass is 32.1. The van der Waals surface area contributed by atoms with Crippen molar-refractivity contribution in [3.05, 3.63) is 89.0 Å². The van der Waals surface area contributed by atoms with Gasteiger partial charge in [-0.1, -0.05) is 24.3 Å². The Morgan fingerprint density at radius 2 is 1.11 bits per heavy atom. The molecule has 14 nitrogen and oxygen atoms in total. The van der Waals surface area contributed by atoms with Gasteiger partial charge in [-0.15, -0.1) is 0 Å². The Morgan fingerprint density at radius 1 is 0.652 bits per heavy atom. The second kappa shape index (κ2) is 18.1. The molecule has 0 fully saturated rings. The van der Waals surface area contributed by atoms with E-state index in [4.69, 9.17) is 0 Å². The zero-order chi connectivity index (χ0) is 33.5. The number of isothiocyanates is 1. The van der Waals surface area contributed by atoms with Crippen molar-refractivity contribution < 1.29 is 39.6 Å². The fourth-order valence-corrected chi connectivity index (χ4v) is 4.73. The van der Waals surface area contributed by atoms with E-state index in [1.165, 1.54) is 12.1 Å². The summed E-state index contributed by atoms with van der Waals surface area (Å²) in [6.07, 6.45) is 0.629. The summed E-state index contributed by atoms with van der Waals surface area (Å²) in [7, 11) is 0. The van der Waals surface area contributed by atoms with Gasteiger partial charge in [0.2, 0.25) is 0 Å². The SMILES string of the molecule is O=C(O)CN(CCN(CCc1ccc(N=C=S)cc1)CCN(CC(=O)O)Cc1cccc(C(=O)O)n1)Cc1cccc(C(=O)O)n1. The Balaban J connectivity index is 1.76. The molecule has 0 atom stereocenters. The van der Waals surface area contributed by atoms with Crippen molar-refractivity contribution in [3.8, 4) is 0 Å². The molecule has 15 heteroatoms. The summed E-state index contributed by atoms with van der Waals surface area (Å²) in [5.74, 6) is -4.47. The van der Waals surface area contributed by atoms with Crippen molar-refractivity contribution in [1.29, 1.82) is 0 Å². The lowest BCUT2D eigenvalue weighted by Crippen LogP contribution is -2.42. The lowest BCUT2D eigenvalue weighted by Gasteiger charge is -2.29. The average molecular weight is 651 g/mol. The zero-order valence-electron chi connectivity index (χ0n) is 24.9. The summed E-state index contributed by atoms with van der Waals surface area (Å²) >= 11 is 4.66. The third-order valence-electron chi connectivity index (χ3n) is 6.83. The fourth-order valence-electron chi connectivity index (χ4n) is 4.62. The summed E-state index contributed by atoms with van der Waals surface area (Å²) in [4.78, 5) is 63.6. The minimum Gasteiger partial charge on any atom is -0.480 e. The molecule has 0 aliphatic heterocycles. The molecule has 0 bridgehead atoms. The van der Waals surface area contributed by atoms with Crippen LogP contribution in [0.3, 0.4) is 0 Å². The number of aliphatic carboxylic acids is 2. The average Bonchev–Trinajstić information content (AvgIpc) is 3.01. The van der Waals surface area contributed by atoms with Crippen LogP contribution in [0.25, 0.3) is 0 Å². The van der Waals surface area contributed by atoms with E-state index in [0.717, 1.165) is 5.56 Å². The van der Waals surface area contributed by atoms with Crippen molar-refractivity contribution >= 4 is 46.9 Å². The van der Waals surface area contributed by atoms with Crippen molar-refractivity contribution in [3.63, 3.8) is 0 Å². The van der Waals surface area contributed by atoms with E-state index in [-0.39, 0.29) is 37.6 Å². The number of carboxylic acid groups (broad SMARTS) is 4. The molecule has 242 valence electrons. The number of rotatable bonds is 20. The molecule has 3 rings (SSSR count). The predicted molar refractivity (Wildman–Crippen MR) is 169 cm³/mol. The number of hydrogen-bond acceptors (Lipinski definition) is 11. The van der Waals surface area contributed by atoms with Crippen LogP contribution in [0.15, 0.2) is 65.7 Å². The number of aromatic carboxylic acids is 2. The van der Waals surface area contributed by atoms with Gasteiger partial charge in [-0.2, -0.15) is 4.99 Å². The highest BCUT2D eigenvalue weighted by molar-refractivity contribution is 7.78. The number of benzene rings is 1. The van der Waals surface area contributed by atoms with E-state index in [0.29, 0.717) is 56.2 Å². The Kier molecular flexibility index (Phi) is 14.0. The molecule has 0 unspecified atom stereocenters. The first kappa shape index (κ1) is 35.6. The topological polar surface area (TPSA) is 197 Å². The number of carboxylic acids is 4. The maximum atomic E-state index is 11.7. The standard InChI is InChI=1S/C31H34N6O8S/c38-28(39)19-36(17-24-3-1-5-26(33-24)30(42)43)15-13-35(12-11-22-7-9-23(10-8-22)32-21-46)14-16-37(20-29(40)41)18-25-4-2-6-27(34-25)31(44)45/h1-10H,11-20H2,(H,38,39)(H,40,41)(H,42,43)(H,44,45). The molecule has 0 radical (unpaired) electrons. The molecule has 2 heterocycles. The van der Waals surface area contributed by atoms with Gasteiger partial charge >= 0.3 is 23.9 Å². The summed E-state index contributed by atoms with van der Waals surface area (Å²) in [5, 5.41) is 40.0. The monoisotopic (exact) mass is 650 g/mol. The van der Waals surface area contributed by atoms with Crippen LogP contribution in [0.4, 0.5) is 5.69 Å². The maximum absolute atomic E-state index is 11.7. The molecule has 1 aromatic carbocycles.